The minimum absolute atomic E-state index is 0.0114. The zero-order valence-corrected chi connectivity index (χ0v) is 23.9. The van der Waals surface area contributed by atoms with Crippen molar-refractivity contribution in [2.24, 2.45) is 11.8 Å². The van der Waals surface area contributed by atoms with Gasteiger partial charge in [0.2, 0.25) is 22.6 Å². The number of carbonyl (C=O) groups is 1. The van der Waals surface area contributed by atoms with Crippen LogP contribution in [0.3, 0.4) is 0 Å². The minimum atomic E-state index is -3.66. The summed E-state index contributed by atoms with van der Waals surface area (Å²) < 4.78 is 57.2. The van der Waals surface area contributed by atoms with Crippen LogP contribution < -0.4 is 23.7 Å². The van der Waals surface area contributed by atoms with Crippen molar-refractivity contribution in [2.75, 3.05) is 33.4 Å². The molecule has 0 saturated carbocycles. The third-order valence-electron chi connectivity index (χ3n) is 8.12. The van der Waals surface area contributed by atoms with Crippen LogP contribution in [0.1, 0.15) is 74.1 Å². The molecule has 2 aromatic rings. The van der Waals surface area contributed by atoms with E-state index in [1.54, 1.807) is 18.2 Å². The van der Waals surface area contributed by atoms with Crippen LogP contribution in [-0.4, -0.2) is 52.9 Å². The molecule has 3 aliphatic rings. The summed E-state index contributed by atoms with van der Waals surface area (Å²) in [4.78, 5) is 13.3. The Hall–Kier alpha value is -3.18. The average Bonchev–Trinajstić information content (AvgIpc) is 3.56. The van der Waals surface area contributed by atoms with E-state index < -0.39 is 39.8 Å². The van der Waals surface area contributed by atoms with Gasteiger partial charge in [-0.05, 0) is 47.4 Å². The van der Waals surface area contributed by atoms with Gasteiger partial charge in [0.1, 0.15) is 0 Å². The normalized spacial score (nSPS) is 22.9. The van der Waals surface area contributed by atoms with Gasteiger partial charge in [0, 0.05) is 11.8 Å². The molecule has 1 saturated heterocycles. The number of fused-ring (bicyclic) bond motifs is 3. The van der Waals surface area contributed by atoms with E-state index in [9.17, 15) is 18.3 Å². The lowest BCUT2D eigenvalue weighted by Crippen LogP contribution is -2.43. The molecule has 2 heterocycles. The minimum Gasteiger partial charge on any atom is -0.502 e. The number of phenols is 1. The highest BCUT2D eigenvalue weighted by atomic mass is 32.2. The number of methoxy groups -OCH3 is 2. The van der Waals surface area contributed by atoms with Gasteiger partial charge in [-0.15, -0.1) is 0 Å². The van der Waals surface area contributed by atoms with Crippen LogP contribution in [0.5, 0.6) is 28.7 Å². The standard InChI is InChI=1S/C29H37NO9S/c1-4-5-6-7-8-9-10-40(33,34)30-27-19-14-22-21(38-16-39-22)13-18(19)25(26-20(27)15-37-29(26)32)17-11-23(35-2)28(31)24(12-17)36-3/h11-14,20,25-27,30-31H,4-10,15-16H2,1-3H3/t20-,25+,26-,27+/m0/s1. The van der Waals surface area contributed by atoms with E-state index in [-0.39, 0.29) is 36.4 Å². The molecule has 2 aromatic carbocycles. The van der Waals surface area contributed by atoms with Gasteiger partial charge in [0.25, 0.3) is 0 Å². The summed E-state index contributed by atoms with van der Waals surface area (Å²) in [6.07, 6.45) is 5.81. The molecule has 5 rings (SSSR count). The van der Waals surface area contributed by atoms with E-state index in [4.69, 9.17) is 23.7 Å². The number of hydrogen-bond donors (Lipinski definition) is 2. The Morgan fingerprint density at radius 2 is 1.55 bits per heavy atom. The van der Waals surface area contributed by atoms with E-state index in [0.717, 1.165) is 32.1 Å². The van der Waals surface area contributed by atoms with E-state index in [1.165, 1.54) is 14.2 Å². The summed E-state index contributed by atoms with van der Waals surface area (Å²) >= 11 is 0. The van der Waals surface area contributed by atoms with Crippen molar-refractivity contribution < 1.29 is 42.0 Å². The van der Waals surface area contributed by atoms with Gasteiger partial charge < -0.3 is 28.8 Å². The third kappa shape index (κ3) is 5.41. The molecule has 4 atom stereocenters. The van der Waals surface area contributed by atoms with Gasteiger partial charge in [-0.25, -0.2) is 13.1 Å². The van der Waals surface area contributed by atoms with Crippen LogP contribution in [0, 0.1) is 11.8 Å². The monoisotopic (exact) mass is 575 g/mol. The molecule has 0 bridgehead atoms. The maximum absolute atomic E-state index is 13.3. The molecule has 0 radical (unpaired) electrons. The second-order valence-electron chi connectivity index (χ2n) is 10.6. The molecular weight excluding hydrogens is 538 g/mol. The van der Waals surface area contributed by atoms with Gasteiger partial charge in [0.05, 0.1) is 38.5 Å². The molecule has 1 fully saturated rings. The number of carbonyl (C=O) groups excluding carboxylic acids is 1. The molecule has 0 amide bonds. The maximum Gasteiger partial charge on any atom is 0.310 e. The molecule has 218 valence electrons. The van der Waals surface area contributed by atoms with Crippen LogP contribution in [0.25, 0.3) is 0 Å². The Kier molecular flexibility index (Phi) is 8.32. The van der Waals surface area contributed by atoms with Gasteiger partial charge >= 0.3 is 5.97 Å². The first-order valence-electron chi connectivity index (χ1n) is 13.8. The molecule has 2 aliphatic heterocycles. The average molecular weight is 576 g/mol. The number of ether oxygens (including phenoxy) is 5. The number of aromatic hydroxyl groups is 1. The lowest BCUT2D eigenvalue weighted by atomic mass is 9.65. The number of rotatable bonds is 12. The Morgan fingerprint density at radius 1 is 0.925 bits per heavy atom. The van der Waals surface area contributed by atoms with Crippen molar-refractivity contribution in [3.8, 4) is 28.7 Å². The number of cyclic esters (lactones) is 1. The number of unbranched alkanes of at least 4 members (excludes halogenated alkanes) is 5. The fraction of sp³-hybridized carbons (Fsp3) is 0.552. The molecule has 10 nitrogen and oxygen atoms in total. The summed E-state index contributed by atoms with van der Waals surface area (Å²) in [6, 6.07) is 6.26. The number of hydrogen-bond acceptors (Lipinski definition) is 9. The van der Waals surface area contributed by atoms with Gasteiger partial charge in [-0.3, -0.25) is 4.79 Å². The maximum atomic E-state index is 13.3. The van der Waals surface area contributed by atoms with Crippen LogP contribution in [-0.2, 0) is 19.6 Å². The molecule has 40 heavy (non-hydrogen) atoms. The van der Waals surface area contributed by atoms with Crippen molar-refractivity contribution in [3.05, 3.63) is 41.0 Å². The molecule has 0 spiro atoms. The third-order valence-corrected chi connectivity index (χ3v) is 9.56. The zero-order valence-electron chi connectivity index (χ0n) is 23.1. The smallest absolute Gasteiger partial charge is 0.310 e. The topological polar surface area (TPSA) is 130 Å². The van der Waals surface area contributed by atoms with Crippen LogP contribution in [0.2, 0.25) is 0 Å². The van der Waals surface area contributed by atoms with Crippen LogP contribution in [0.4, 0.5) is 0 Å². The number of sulfonamides is 1. The number of nitrogens with one attached hydrogen (secondary N) is 1. The number of esters is 1. The Balaban J connectivity index is 1.54. The predicted molar refractivity (Wildman–Crippen MR) is 147 cm³/mol. The van der Waals surface area contributed by atoms with E-state index >= 15 is 0 Å². The highest BCUT2D eigenvalue weighted by Gasteiger charge is 2.53. The van der Waals surface area contributed by atoms with Crippen LogP contribution >= 0.6 is 0 Å². The van der Waals surface area contributed by atoms with Crippen LogP contribution in [0.15, 0.2) is 24.3 Å². The second kappa shape index (κ2) is 11.7. The number of benzene rings is 2. The Bertz CT molecular complexity index is 1330. The molecule has 1 aliphatic carbocycles. The van der Waals surface area contributed by atoms with Crippen molar-refractivity contribution in [1.29, 1.82) is 0 Å². The van der Waals surface area contributed by atoms with Gasteiger partial charge in [-0.1, -0.05) is 39.0 Å². The molecular formula is C29H37NO9S. The molecule has 0 unspecified atom stereocenters. The first-order valence-corrected chi connectivity index (χ1v) is 15.5. The van der Waals surface area contributed by atoms with Crippen molar-refractivity contribution in [2.45, 2.75) is 57.4 Å². The fourth-order valence-corrected chi connectivity index (χ4v) is 7.52. The lowest BCUT2D eigenvalue weighted by molar-refractivity contribution is -0.141. The Morgan fingerprint density at radius 3 is 2.20 bits per heavy atom. The number of phenolic OH excluding ortho intramolecular Hbond substituents is 1. The summed E-state index contributed by atoms with van der Waals surface area (Å²) in [6.45, 7) is 2.27. The quantitative estimate of drug-likeness (QED) is 0.279. The molecule has 11 heteroatoms. The summed E-state index contributed by atoms with van der Waals surface area (Å²) in [5.74, 6) is -0.816. The first-order chi connectivity index (χ1) is 19.3. The van der Waals surface area contributed by atoms with Gasteiger partial charge in [-0.2, -0.15) is 0 Å². The first kappa shape index (κ1) is 28.4. The highest BCUT2D eigenvalue weighted by Crippen LogP contribution is 2.55. The largest absolute Gasteiger partial charge is 0.502 e. The van der Waals surface area contributed by atoms with Gasteiger partial charge in [0.15, 0.2) is 23.0 Å². The van der Waals surface area contributed by atoms with Crippen molar-refractivity contribution in [1.82, 2.24) is 4.72 Å². The lowest BCUT2D eigenvalue weighted by Gasteiger charge is -2.39. The van der Waals surface area contributed by atoms with E-state index in [2.05, 4.69) is 11.6 Å². The summed E-state index contributed by atoms with van der Waals surface area (Å²) in [5, 5.41) is 10.5. The van der Waals surface area contributed by atoms with Crippen molar-refractivity contribution >= 4 is 16.0 Å². The Labute approximate surface area is 235 Å². The van der Waals surface area contributed by atoms with Crippen molar-refractivity contribution in [3.63, 3.8) is 0 Å². The highest BCUT2D eigenvalue weighted by molar-refractivity contribution is 7.89. The SMILES string of the molecule is CCCCCCCCS(=O)(=O)N[C@@H]1c2cc3c(cc2[C@@H](c2cc(OC)c(O)c(OC)c2)[C@H]2C(=O)OC[C@@H]21)OCO3. The van der Waals surface area contributed by atoms with E-state index in [0.29, 0.717) is 34.6 Å². The second-order valence-corrected chi connectivity index (χ2v) is 12.5. The summed E-state index contributed by atoms with van der Waals surface area (Å²) in [5.41, 5.74) is 2.08. The van der Waals surface area contributed by atoms with E-state index in [1.807, 2.05) is 6.07 Å². The predicted octanol–water partition coefficient (Wildman–Crippen LogP) is 4.39. The zero-order chi connectivity index (χ0) is 28.4. The fourth-order valence-electron chi connectivity index (χ4n) is 6.13. The summed E-state index contributed by atoms with van der Waals surface area (Å²) in [7, 11) is -0.784. The molecule has 2 N–H and O–H groups in total. The molecule has 0 aromatic heterocycles.